The van der Waals surface area contributed by atoms with E-state index >= 15 is 0 Å². The third kappa shape index (κ3) is 5.34. The number of nitrogens with zero attached hydrogens (tertiary/aromatic N) is 5. The van der Waals surface area contributed by atoms with E-state index in [-0.39, 0.29) is 25.1 Å². The molecule has 5 aromatic rings. The molecule has 0 fully saturated rings. The maximum Gasteiger partial charge on any atom is 0.490 e. The molecule has 3 aromatic heterocycles. The summed E-state index contributed by atoms with van der Waals surface area (Å²) < 4.78 is 45.3. The van der Waals surface area contributed by atoms with Gasteiger partial charge in [-0.2, -0.15) is 13.2 Å². The Balaban J connectivity index is 1.44. The minimum absolute atomic E-state index is 0.157. The van der Waals surface area contributed by atoms with Gasteiger partial charge in [0.05, 0.1) is 28.8 Å². The van der Waals surface area contributed by atoms with Gasteiger partial charge < -0.3 is 14.2 Å². The average molecular weight is 576 g/mol. The van der Waals surface area contributed by atoms with Crippen LogP contribution in [0.5, 0.6) is 0 Å². The Morgan fingerprint density at radius 1 is 1.10 bits per heavy atom. The van der Waals surface area contributed by atoms with Crippen molar-refractivity contribution in [1.82, 2.24) is 19.1 Å². The van der Waals surface area contributed by atoms with Crippen LogP contribution in [0.4, 0.5) is 19.1 Å². The van der Waals surface area contributed by atoms with Crippen LogP contribution in [-0.4, -0.2) is 51.9 Å². The number of ether oxygens (including phenoxy) is 1. The highest BCUT2D eigenvalue weighted by molar-refractivity contribution is 7.22. The Kier molecular flexibility index (Phi) is 7.08. The molecule has 13 heteroatoms. The summed E-state index contributed by atoms with van der Waals surface area (Å²) in [7, 11) is 3.58. The summed E-state index contributed by atoms with van der Waals surface area (Å²) in [6.07, 6.45) is -3.39. The molecule has 0 aliphatic heterocycles. The first kappa shape index (κ1) is 26.7. The van der Waals surface area contributed by atoms with Crippen molar-refractivity contribution in [2.24, 2.45) is 0 Å². The summed E-state index contributed by atoms with van der Waals surface area (Å²) in [5.74, 6) is -1.64. The summed E-state index contributed by atoms with van der Waals surface area (Å²) in [6, 6.07) is 14.5. The van der Waals surface area contributed by atoms with Gasteiger partial charge in [0.15, 0.2) is 0 Å². The molecular formula is C26H21ClF3N5O3S. The van der Waals surface area contributed by atoms with Gasteiger partial charge in [0.2, 0.25) is 5.95 Å². The molecule has 5 rings (SSSR count). The van der Waals surface area contributed by atoms with Crippen molar-refractivity contribution >= 4 is 56.1 Å². The van der Waals surface area contributed by atoms with Gasteiger partial charge in [0.25, 0.3) is 5.56 Å². The molecule has 0 spiro atoms. The monoisotopic (exact) mass is 575 g/mol. The molecule has 0 aliphatic carbocycles. The van der Waals surface area contributed by atoms with E-state index < -0.39 is 12.1 Å². The number of fused-ring (bicyclic) bond motifs is 2. The first-order valence-electron chi connectivity index (χ1n) is 11.7. The number of aromatic nitrogens is 4. The molecule has 3 heterocycles. The van der Waals surface area contributed by atoms with Gasteiger partial charge in [-0.05, 0) is 48.4 Å². The predicted molar refractivity (Wildman–Crippen MR) is 145 cm³/mol. The van der Waals surface area contributed by atoms with Crippen molar-refractivity contribution in [3.8, 4) is 16.1 Å². The minimum atomic E-state index is -5.02. The zero-order valence-electron chi connectivity index (χ0n) is 20.7. The molecule has 0 aliphatic rings. The third-order valence-electron chi connectivity index (χ3n) is 5.95. The van der Waals surface area contributed by atoms with Gasteiger partial charge in [-0.1, -0.05) is 23.7 Å². The van der Waals surface area contributed by atoms with Gasteiger partial charge in [-0.25, -0.2) is 14.8 Å². The third-order valence-corrected chi connectivity index (χ3v) is 7.36. The Morgan fingerprint density at radius 2 is 1.85 bits per heavy atom. The Morgan fingerprint density at radius 3 is 2.54 bits per heavy atom. The van der Waals surface area contributed by atoms with E-state index in [9.17, 15) is 22.8 Å². The summed E-state index contributed by atoms with van der Waals surface area (Å²) in [4.78, 5) is 36.2. The second kappa shape index (κ2) is 10.3. The maximum absolute atomic E-state index is 13.4. The Hall–Kier alpha value is -3.90. The van der Waals surface area contributed by atoms with Crippen LogP contribution in [0.1, 0.15) is 6.42 Å². The number of alkyl halides is 3. The van der Waals surface area contributed by atoms with Crippen LogP contribution in [0.3, 0.4) is 0 Å². The highest BCUT2D eigenvalue weighted by Gasteiger charge is 2.40. The van der Waals surface area contributed by atoms with Gasteiger partial charge >= 0.3 is 12.1 Å². The molecule has 0 saturated heterocycles. The second-order valence-electron chi connectivity index (χ2n) is 8.87. The number of carbonyl (C=O) groups excluding carboxylic acids is 1. The number of carbonyl (C=O) groups is 1. The number of hydrogen-bond donors (Lipinski definition) is 0. The summed E-state index contributed by atoms with van der Waals surface area (Å²) >= 11 is 7.34. The molecule has 8 nitrogen and oxygen atoms in total. The number of halogens is 4. The van der Waals surface area contributed by atoms with E-state index in [0.29, 0.717) is 37.9 Å². The van der Waals surface area contributed by atoms with Crippen LogP contribution in [0.2, 0.25) is 5.02 Å². The topological polar surface area (TPSA) is 82.2 Å². The summed E-state index contributed by atoms with van der Waals surface area (Å²) in [5, 5.41) is 0.625. The Labute approximate surface area is 228 Å². The van der Waals surface area contributed by atoms with Crippen molar-refractivity contribution in [3.05, 3.63) is 70.2 Å². The van der Waals surface area contributed by atoms with E-state index in [1.54, 1.807) is 49.3 Å². The van der Waals surface area contributed by atoms with Crippen molar-refractivity contribution in [2.75, 3.05) is 25.6 Å². The number of thiophene rings is 1. The van der Waals surface area contributed by atoms with Gasteiger partial charge in [0.1, 0.15) is 11.0 Å². The molecule has 2 aromatic carbocycles. The summed E-state index contributed by atoms with van der Waals surface area (Å²) in [5.41, 5.74) is 3.18. The molecule has 0 unspecified atom stereocenters. The van der Waals surface area contributed by atoms with Gasteiger partial charge in [-0.15, -0.1) is 11.3 Å². The van der Waals surface area contributed by atoms with Crippen molar-refractivity contribution in [1.29, 1.82) is 0 Å². The standard InChI is InChI=1S/C26H21ClF3N5O3S/c1-33(2)25-32-18-12-17(8-9-20(18)34(25)10-3-11-38-24(37)26(28,29)30)35-14-31-19-13-21(39-22(19)23(35)36)15-4-6-16(27)7-5-15/h4-9,12-14H,3,10-11H2,1-2H3. The van der Waals surface area contributed by atoms with Crippen LogP contribution in [0, 0.1) is 0 Å². The van der Waals surface area contributed by atoms with Gasteiger partial charge in [-0.3, -0.25) is 9.36 Å². The first-order valence-corrected chi connectivity index (χ1v) is 12.9. The molecule has 0 atom stereocenters. The van der Waals surface area contributed by atoms with Crippen LogP contribution >= 0.6 is 22.9 Å². The molecule has 0 saturated carbocycles. The highest BCUT2D eigenvalue weighted by atomic mass is 35.5. The van der Waals surface area contributed by atoms with Crippen LogP contribution in [0.25, 0.3) is 37.4 Å². The fraction of sp³-hybridized carbons (Fsp3) is 0.231. The van der Waals surface area contributed by atoms with E-state index in [0.717, 1.165) is 10.4 Å². The molecular weight excluding hydrogens is 555 g/mol. The van der Waals surface area contributed by atoms with Crippen molar-refractivity contribution in [3.63, 3.8) is 0 Å². The van der Waals surface area contributed by atoms with Crippen LogP contribution in [0.15, 0.2) is 59.7 Å². The summed E-state index contributed by atoms with van der Waals surface area (Å²) in [6.45, 7) is -0.118. The molecule has 0 bridgehead atoms. The van der Waals surface area contributed by atoms with Crippen LogP contribution in [-0.2, 0) is 16.1 Å². The lowest BCUT2D eigenvalue weighted by Gasteiger charge is -2.15. The SMILES string of the molecule is CN(C)c1nc2cc(-n3cnc4cc(-c5ccc(Cl)cc5)sc4c3=O)ccc2n1CCCOC(=O)C(F)(F)F. The average Bonchev–Trinajstić information content (AvgIpc) is 3.49. The normalized spacial score (nSPS) is 11.8. The zero-order chi connectivity index (χ0) is 27.9. The highest BCUT2D eigenvalue weighted by Crippen LogP contribution is 2.32. The van der Waals surface area contributed by atoms with E-state index in [4.69, 9.17) is 11.6 Å². The van der Waals surface area contributed by atoms with Crippen molar-refractivity contribution in [2.45, 2.75) is 19.1 Å². The largest absolute Gasteiger partial charge is 0.490 e. The maximum atomic E-state index is 13.4. The number of aryl methyl sites for hydroxylation is 1. The predicted octanol–water partition coefficient (Wildman–Crippen LogP) is 5.68. The van der Waals surface area contributed by atoms with Crippen molar-refractivity contribution < 1.29 is 22.7 Å². The number of rotatable bonds is 7. The van der Waals surface area contributed by atoms with E-state index in [2.05, 4.69) is 14.7 Å². The lowest BCUT2D eigenvalue weighted by molar-refractivity contribution is -0.199. The molecule has 202 valence electrons. The fourth-order valence-electron chi connectivity index (χ4n) is 4.14. The minimum Gasteiger partial charge on any atom is -0.459 e. The van der Waals surface area contributed by atoms with E-state index in [1.165, 1.54) is 22.2 Å². The number of hydrogen-bond acceptors (Lipinski definition) is 7. The quantitative estimate of drug-likeness (QED) is 0.183. The number of anilines is 1. The fourth-order valence-corrected chi connectivity index (χ4v) is 5.31. The lowest BCUT2D eigenvalue weighted by atomic mass is 10.2. The molecule has 0 N–H and O–H groups in total. The smallest absolute Gasteiger partial charge is 0.459 e. The molecule has 0 radical (unpaired) electrons. The molecule has 39 heavy (non-hydrogen) atoms. The number of esters is 1. The lowest BCUT2D eigenvalue weighted by Crippen LogP contribution is -2.26. The van der Waals surface area contributed by atoms with Gasteiger partial charge in [0, 0.05) is 30.5 Å². The Bertz CT molecular complexity index is 1740. The first-order chi connectivity index (χ1) is 18.5. The van der Waals surface area contributed by atoms with Crippen LogP contribution < -0.4 is 10.5 Å². The zero-order valence-corrected chi connectivity index (χ0v) is 22.3. The van der Waals surface area contributed by atoms with E-state index in [1.807, 2.05) is 22.8 Å². The number of benzene rings is 2. The molecule has 0 amide bonds. The number of imidazole rings is 1. The second-order valence-corrected chi connectivity index (χ2v) is 10.4.